The van der Waals surface area contributed by atoms with Crippen molar-refractivity contribution in [2.24, 2.45) is 0 Å². The molecule has 6 nitrogen and oxygen atoms in total. The predicted octanol–water partition coefficient (Wildman–Crippen LogP) is 0.768. The molecule has 1 aromatic rings. The van der Waals surface area contributed by atoms with Crippen molar-refractivity contribution >= 4 is 17.6 Å². The van der Waals surface area contributed by atoms with Gasteiger partial charge in [0.25, 0.3) is 5.91 Å². The molecule has 0 aromatic heterocycles. The monoisotopic (exact) mass is 271 g/mol. The quantitative estimate of drug-likeness (QED) is 0.764. The van der Waals surface area contributed by atoms with E-state index in [0.29, 0.717) is 29.8 Å². The average Bonchev–Trinajstić information content (AvgIpc) is 2.92. The highest BCUT2D eigenvalue weighted by Crippen LogP contribution is 2.33. The van der Waals surface area contributed by atoms with Crippen molar-refractivity contribution in [1.82, 2.24) is 4.90 Å². The summed E-state index contributed by atoms with van der Waals surface area (Å²) < 4.78 is 0. The fourth-order valence-electron chi connectivity index (χ4n) is 2.84. The number of nitriles is 1. The molecule has 3 rings (SSSR count). The third-order valence-corrected chi connectivity index (χ3v) is 3.84. The van der Waals surface area contributed by atoms with Gasteiger partial charge in [-0.05, 0) is 37.1 Å². The molecular weight excluding hydrogens is 258 g/mol. The Morgan fingerprint density at radius 2 is 2.15 bits per heavy atom. The summed E-state index contributed by atoms with van der Waals surface area (Å²) in [4.78, 5) is 27.2. The van der Waals surface area contributed by atoms with E-state index in [4.69, 9.17) is 5.26 Å². The van der Waals surface area contributed by atoms with E-state index in [9.17, 15) is 14.7 Å². The summed E-state index contributed by atoms with van der Waals surface area (Å²) in [5.74, 6) is -0.396. The third kappa shape index (κ3) is 1.60. The van der Waals surface area contributed by atoms with Gasteiger partial charge >= 0.3 is 6.03 Å². The molecule has 0 unspecified atom stereocenters. The zero-order valence-electron chi connectivity index (χ0n) is 10.9. The summed E-state index contributed by atoms with van der Waals surface area (Å²) in [5, 5.41) is 18.7. The van der Waals surface area contributed by atoms with E-state index in [-0.39, 0.29) is 0 Å². The van der Waals surface area contributed by atoms with Crippen LogP contribution in [-0.4, -0.2) is 40.6 Å². The minimum atomic E-state index is -0.796. The van der Waals surface area contributed by atoms with E-state index in [2.05, 4.69) is 0 Å². The van der Waals surface area contributed by atoms with Crippen LogP contribution in [0.1, 0.15) is 17.5 Å². The van der Waals surface area contributed by atoms with Crippen LogP contribution in [0.3, 0.4) is 0 Å². The molecule has 102 valence electrons. The number of urea groups is 1. The Hall–Kier alpha value is -2.39. The van der Waals surface area contributed by atoms with Crippen LogP contribution in [-0.2, 0) is 4.79 Å². The maximum atomic E-state index is 12.4. The maximum Gasteiger partial charge on any atom is 0.332 e. The van der Waals surface area contributed by atoms with Crippen LogP contribution in [0.4, 0.5) is 10.5 Å². The van der Waals surface area contributed by atoms with Gasteiger partial charge < -0.3 is 10.0 Å². The van der Waals surface area contributed by atoms with Crippen LogP contribution in [0.2, 0.25) is 0 Å². The van der Waals surface area contributed by atoms with Gasteiger partial charge in [-0.25, -0.2) is 9.69 Å². The molecule has 20 heavy (non-hydrogen) atoms. The van der Waals surface area contributed by atoms with E-state index in [0.717, 1.165) is 4.90 Å². The van der Waals surface area contributed by atoms with E-state index < -0.39 is 24.1 Å². The van der Waals surface area contributed by atoms with E-state index in [1.165, 1.54) is 4.90 Å². The van der Waals surface area contributed by atoms with Gasteiger partial charge in [-0.15, -0.1) is 0 Å². The number of imide groups is 1. The van der Waals surface area contributed by atoms with Crippen LogP contribution in [0.5, 0.6) is 0 Å². The van der Waals surface area contributed by atoms with Crippen LogP contribution >= 0.6 is 0 Å². The summed E-state index contributed by atoms with van der Waals surface area (Å²) in [6.07, 6.45) is -0.363. The second kappa shape index (κ2) is 4.32. The first kappa shape index (κ1) is 12.6. The number of hydrogen-bond donors (Lipinski definition) is 1. The number of fused-ring (bicyclic) bond motifs is 1. The number of nitrogens with zero attached hydrogens (tertiary/aromatic N) is 3. The lowest BCUT2D eigenvalue weighted by Gasteiger charge is -2.17. The summed E-state index contributed by atoms with van der Waals surface area (Å²) in [6.45, 7) is 2.14. The van der Waals surface area contributed by atoms with E-state index in [1.807, 2.05) is 6.07 Å². The molecule has 2 aliphatic rings. The van der Waals surface area contributed by atoms with Gasteiger partial charge in [0.1, 0.15) is 6.04 Å². The predicted molar refractivity (Wildman–Crippen MR) is 69.9 cm³/mol. The first-order valence-corrected chi connectivity index (χ1v) is 6.38. The van der Waals surface area contributed by atoms with E-state index >= 15 is 0 Å². The lowest BCUT2D eigenvalue weighted by atomic mass is 10.1. The number of benzene rings is 1. The van der Waals surface area contributed by atoms with Crippen LogP contribution in [0, 0.1) is 18.3 Å². The SMILES string of the molecule is Cc1cc(C#N)ccc1N1C(=O)[C@@H]2[C@H](O)CCN2C1=O. The van der Waals surface area contributed by atoms with Crippen molar-refractivity contribution in [3.63, 3.8) is 0 Å². The average molecular weight is 271 g/mol. The maximum absolute atomic E-state index is 12.4. The van der Waals surface area contributed by atoms with Gasteiger partial charge in [0.05, 0.1) is 23.4 Å². The molecule has 2 atom stereocenters. The van der Waals surface area contributed by atoms with Crippen LogP contribution in [0.25, 0.3) is 0 Å². The van der Waals surface area contributed by atoms with Gasteiger partial charge in [-0.2, -0.15) is 5.26 Å². The second-order valence-corrected chi connectivity index (χ2v) is 5.06. The van der Waals surface area contributed by atoms with Gasteiger partial charge in [0.2, 0.25) is 0 Å². The molecule has 0 bridgehead atoms. The smallest absolute Gasteiger partial charge is 0.332 e. The Morgan fingerprint density at radius 3 is 2.75 bits per heavy atom. The highest BCUT2D eigenvalue weighted by Gasteiger charge is 2.52. The first-order chi connectivity index (χ1) is 9.54. The normalized spacial score (nSPS) is 25.1. The molecule has 2 heterocycles. The molecule has 2 fully saturated rings. The number of aliphatic hydroxyl groups is 1. The molecule has 2 aliphatic heterocycles. The molecule has 1 aromatic carbocycles. The van der Waals surface area contributed by atoms with Gasteiger partial charge in [0.15, 0.2) is 0 Å². The number of aryl methyl sites for hydroxylation is 1. The number of rotatable bonds is 1. The summed E-state index contributed by atoms with van der Waals surface area (Å²) in [5.41, 5.74) is 1.63. The molecule has 0 spiro atoms. The molecule has 3 amide bonds. The minimum absolute atomic E-state index is 0.391. The molecule has 0 radical (unpaired) electrons. The fraction of sp³-hybridized carbons (Fsp3) is 0.357. The van der Waals surface area contributed by atoms with Crippen molar-refractivity contribution < 1.29 is 14.7 Å². The highest BCUT2D eigenvalue weighted by molar-refractivity contribution is 6.22. The standard InChI is InChI=1S/C14H13N3O3/c1-8-6-9(7-15)2-3-10(8)17-13(19)12-11(18)4-5-16(12)14(17)20/h2-3,6,11-12,18H,4-5H2,1H3/t11-,12+/m1/s1. The second-order valence-electron chi connectivity index (χ2n) is 5.06. The Morgan fingerprint density at radius 1 is 1.40 bits per heavy atom. The summed E-state index contributed by atoms with van der Waals surface area (Å²) >= 11 is 0. The number of aliphatic hydroxyl groups excluding tert-OH is 1. The number of carbonyl (C=O) groups excluding carboxylic acids is 2. The van der Waals surface area contributed by atoms with Gasteiger partial charge in [0, 0.05) is 6.54 Å². The van der Waals surface area contributed by atoms with E-state index in [1.54, 1.807) is 25.1 Å². The Bertz CT molecular complexity index is 650. The minimum Gasteiger partial charge on any atom is -0.390 e. The molecule has 2 saturated heterocycles. The Labute approximate surface area is 115 Å². The zero-order valence-corrected chi connectivity index (χ0v) is 10.9. The largest absolute Gasteiger partial charge is 0.390 e. The molecule has 0 saturated carbocycles. The lowest BCUT2D eigenvalue weighted by Crippen LogP contribution is -2.36. The lowest BCUT2D eigenvalue weighted by molar-refractivity contribution is -0.121. The molecular formula is C14H13N3O3. The Balaban J connectivity index is 2.02. The molecule has 0 aliphatic carbocycles. The van der Waals surface area contributed by atoms with Crippen LogP contribution < -0.4 is 4.90 Å². The topological polar surface area (TPSA) is 84.6 Å². The van der Waals surface area contributed by atoms with Crippen molar-refractivity contribution in [3.8, 4) is 6.07 Å². The molecule has 6 heteroatoms. The van der Waals surface area contributed by atoms with Crippen molar-refractivity contribution in [3.05, 3.63) is 29.3 Å². The zero-order chi connectivity index (χ0) is 14.4. The number of anilines is 1. The summed E-state index contributed by atoms with van der Waals surface area (Å²) in [6, 6.07) is 5.65. The Kier molecular flexibility index (Phi) is 2.73. The van der Waals surface area contributed by atoms with Crippen molar-refractivity contribution in [2.75, 3.05) is 11.4 Å². The van der Waals surface area contributed by atoms with Gasteiger partial charge in [-0.3, -0.25) is 4.79 Å². The number of hydrogen-bond acceptors (Lipinski definition) is 4. The number of amides is 3. The molecule has 1 N–H and O–H groups in total. The van der Waals surface area contributed by atoms with Crippen molar-refractivity contribution in [2.45, 2.75) is 25.5 Å². The van der Waals surface area contributed by atoms with Crippen LogP contribution in [0.15, 0.2) is 18.2 Å². The summed E-state index contributed by atoms with van der Waals surface area (Å²) in [7, 11) is 0. The third-order valence-electron chi connectivity index (χ3n) is 3.84. The van der Waals surface area contributed by atoms with Gasteiger partial charge in [-0.1, -0.05) is 0 Å². The first-order valence-electron chi connectivity index (χ1n) is 6.38. The highest BCUT2D eigenvalue weighted by atomic mass is 16.3. The number of carbonyl (C=O) groups is 2. The fourth-order valence-corrected chi connectivity index (χ4v) is 2.84. The van der Waals surface area contributed by atoms with Crippen molar-refractivity contribution in [1.29, 1.82) is 5.26 Å².